The lowest BCUT2D eigenvalue weighted by Crippen LogP contribution is -2.41. The van der Waals surface area contributed by atoms with Crippen molar-refractivity contribution in [3.05, 3.63) is 21.9 Å². The van der Waals surface area contributed by atoms with Gasteiger partial charge in [-0.15, -0.1) is 24.0 Å². The van der Waals surface area contributed by atoms with Crippen molar-refractivity contribution in [1.29, 1.82) is 0 Å². The van der Waals surface area contributed by atoms with Crippen LogP contribution in [0.2, 0.25) is 10.2 Å². The summed E-state index contributed by atoms with van der Waals surface area (Å²) in [6, 6.07) is 1.79. The standard InChI is InChI=1S/C13H21Cl2N5O2S.HI/c1-16-13(17-4-6-20-5-3-7-23(20,21)22)18-9-10-8-11(14)12(15)19(10)2;/h8H,3-7,9H2,1-2H3,(H2,16,17,18);1H. The molecule has 1 aliphatic rings. The van der Waals surface area contributed by atoms with Crippen molar-refractivity contribution >= 4 is 63.2 Å². The van der Waals surface area contributed by atoms with Gasteiger partial charge in [0.1, 0.15) is 5.15 Å². The van der Waals surface area contributed by atoms with Crippen LogP contribution in [0.15, 0.2) is 11.1 Å². The summed E-state index contributed by atoms with van der Waals surface area (Å²) in [7, 11) is 0.438. The van der Waals surface area contributed by atoms with Gasteiger partial charge in [-0.1, -0.05) is 23.2 Å². The highest BCUT2D eigenvalue weighted by Crippen LogP contribution is 2.24. The first-order valence-corrected chi connectivity index (χ1v) is 9.63. The van der Waals surface area contributed by atoms with Gasteiger partial charge in [0.05, 0.1) is 17.3 Å². The number of nitrogens with one attached hydrogen (secondary N) is 2. The van der Waals surface area contributed by atoms with E-state index in [4.69, 9.17) is 23.2 Å². The molecule has 1 aromatic rings. The largest absolute Gasteiger partial charge is 0.355 e. The molecule has 0 spiro atoms. The van der Waals surface area contributed by atoms with Crippen LogP contribution in [0, 0.1) is 0 Å². The van der Waals surface area contributed by atoms with Crippen molar-refractivity contribution in [1.82, 2.24) is 19.5 Å². The van der Waals surface area contributed by atoms with Gasteiger partial charge in [0, 0.05) is 39.4 Å². The number of hydrogen-bond acceptors (Lipinski definition) is 3. The van der Waals surface area contributed by atoms with Crippen molar-refractivity contribution in [3.8, 4) is 0 Å². The number of rotatable bonds is 5. The van der Waals surface area contributed by atoms with E-state index >= 15 is 0 Å². The smallest absolute Gasteiger partial charge is 0.214 e. The van der Waals surface area contributed by atoms with E-state index in [9.17, 15) is 8.42 Å². The quantitative estimate of drug-likeness (QED) is 0.359. The van der Waals surface area contributed by atoms with Gasteiger partial charge >= 0.3 is 0 Å². The normalized spacial score (nSPS) is 17.6. The van der Waals surface area contributed by atoms with Gasteiger partial charge < -0.3 is 15.2 Å². The molecule has 0 atom stereocenters. The highest BCUT2D eigenvalue weighted by atomic mass is 127. The summed E-state index contributed by atoms with van der Waals surface area (Å²) in [5.41, 5.74) is 0.921. The zero-order chi connectivity index (χ0) is 17.0. The first-order valence-electron chi connectivity index (χ1n) is 7.27. The zero-order valence-electron chi connectivity index (χ0n) is 13.6. The maximum absolute atomic E-state index is 11.7. The Hall–Kier alpha value is -0.230. The molecule has 1 fully saturated rings. The Kier molecular flexibility index (Phi) is 8.60. The van der Waals surface area contributed by atoms with E-state index in [1.54, 1.807) is 17.7 Å². The molecule has 0 amide bonds. The van der Waals surface area contributed by atoms with Crippen molar-refractivity contribution in [2.75, 3.05) is 32.4 Å². The maximum atomic E-state index is 11.7. The number of guanidine groups is 1. The molecule has 2 heterocycles. The number of sulfonamides is 1. The predicted octanol–water partition coefficient (Wildman–Crippen LogP) is 1.65. The number of halogens is 3. The second-order valence-corrected chi connectivity index (χ2v) is 8.11. The maximum Gasteiger partial charge on any atom is 0.214 e. The van der Waals surface area contributed by atoms with Crippen LogP contribution in [0.3, 0.4) is 0 Å². The van der Waals surface area contributed by atoms with Gasteiger partial charge in [0.15, 0.2) is 5.96 Å². The average molecular weight is 510 g/mol. The molecular weight excluding hydrogens is 488 g/mol. The molecule has 1 saturated heterocycles. The summed E-state index contributed by atoms with van der Waals surface area (Å²) < 4.78 is 26.7. The van der Waals surface area contributed by atoms with Gasteiger partial charge in [0.25, 0.3) is 0 Å². The molecule has 7 nitrogen and oxygen atoms in total. The van der Waals surface area contributed by atoms with Gasteiger partial charge in [-0.3, -0.25) is 4.99 Å². The number of aromatic nitrogens is 1. The van der Waals surface area contributed by atoms with Crippen LogP contribution in [0.4, 0.5) is 0 Å². The van der Waals surface area contributed by atoms with Crippen LogP contribution in [-0.2, 0) is 23.6 Å². The van der Waals surface area contributed by atoms with Gasteiger partial charge in [-0.05, 0) is 12.5 Å². The molecular formula is C13H22Cl2IN5O2S. The third-order valence-corrected chi connectivity index (χ3v) is 6.53. The molecule has 0 unspecified atom stereocenters. The van der Waals surface area contributed by atoms with Crippen LogP contribution in [0.25, 0.3) is 0 Å². The number of aliphatic imine (C=N–C) groups is 1. The van der Waals surface area contributed by atoms with E-state index in [0.29, 0.717) is 48.7 Å². The van der Waals surface area contributed by atoms with Crippen molar-refractivity contribution < 1.29 is 8.42 Å². The van der Waals surface area contributed by atoms with Crippen LogP contribution in [0.1, 0.15) is 12.1 Å². The van der Waals surface area contributed by atoms with Crippen molar-refractivity contribution in [2.45, 2.75) is 13.0 Å². The van der Waals surface area contributed by atoms with E-state index in [1.165, 1.54) is 4.31 Å². The van der Waals surface area contributed by atoms with Crippen LogP contribution in [-0.4, -0.2) is 55.7 Å². The molecule has 24 heavy (non-hydrogen) atoms. The summed E-state index contributed by atoms with van der Waals surface area (Å²) in [5.74, 6) is 0.838. The van der Waals surface area contributed by atoms with Gasteiger partial charge in [-0.2, -0.15) is 0 Å². The fourth-order valence-electron chi connectivity index (χ4n) is 2.39. The van der Waals surface area contributed by atoms with Gasteiger partial charge in [-0.25, -0.2) is 12.7 Å². The van der Waals surface area contributed by atoms with Crippen molar-refractivity contribution in [3.63, 3.8) is 0 Å². The highest BCUT2D eigenvalue weighted by Gasteiger charge is 2.27. The molecule has 0 aromatic carbocycles. The zero-order valence-corrected chi connectivity index (χ0v) is 18.2. The second kappa shape index (κ2) is 9.46. The van der Waals surface area contributed by atoms with E-state index < -0.39 is 10.0 Å². The Bertz CT molecular complexity index is 693. The third-order valence-electron chi connectivity index (χ3n) is 3.73. The fourth-order valence-corrected chi connectivity index (χ4v) is 4.34. The SMILES string of the molecule is CN=C(NCCN1CCCS1(=O)=O)NCc1cc(Cl)c(Cl)n1C.I. The first-order chi connectivity index (χ1) is 10.8. The molecule has 1 aliphatic heterocycles. The Morgan fingerprint density at radius 1 is 1.38 bits per heavy atom. The molecule has 2 rings (SSSR count). The molecule has 1 aromatic heterocycles. The summed E-state index contributed by atoms with van der Waals surface area (Å²) in [6.45, 7) is 2.03. The summed E-state index contributed by atoms with van der Waals surface area (Å²) in [5, 5.41) is 7.25. The third kappa shape index (κ3) is 5.38. The summed E-state index contributed by atoms with van der Waals surface area (Å²) in [4.78, 5) is 4.11. The molecule has 2 N–H and O–H groups in total. The highest BCUT2D eigenvalue weighted by molar-refractivity contribution is 14.0. The Balaban J connectivity index is 0.00000288. The van der Waals surface area contributed by atoms with Gasteiger partial charge in [0.2, 0.25) is 10.0 Å². The van der Waals surface area contributed by atoms with Crippen LogP contribution < -0.4 is 10.6 Å². The first kappa shape index (κ1) is 21.8. The van der Waals surface area contributed by atoms with E-state index in [-0.39, 0.29) is 29.7 Å². The lowest BCUT2D eigenvalue weighted by Gasteiger charge is -2.16. The lowest BCUT2D eigenvalue weighted by atomic mass is 10.4. The van der Waals surface area contributed by atoms with E-state index in [0.717, 1.165) is 5.69 Å². The summed E-state index contributed by atoms with van der Waals surface area (Å²) >= 11 is 12.0. The predicted molar refractivity (Wildman–Crippen MR) is 109 cm³/mol. The fraction of sp³-hybridized carbons (Fsp3) is 0.615. The molecule has 0 aliphatic carbocycles. The minimum absolute atomic E-state index is 0. The number of hydrogen-bond donors (Lipinski definition) is 2. The topological polar surface area (TPSA) is 78.7 Å². The Labute approximate surface area is 169 Å². The van der Waals surface area contributed by atoms with Crippen LogP contribution in [0.5, 0.6) is 0 Å². The number of nitrogens with zero attached hydrogens (tertiary/aromatic N) is 3. The lowest BCUT2D eigenvalue weighted by molar-refractivity contribution is 0.445. The minimum atomic E-state index is -3.05. The monoisotopic (exact) mass is 509 g/mol. The minimum Gasteiger partial charge on any atom is -0.355 e. The molecule has 11 heteroatoms. The second-order valence-electron chi connectivity index (χ2n) is 5.25. The van der Waals surface area contributed by atoms with E-state index in [2.05, 4.69) is 15.6 Å². The molecule has 0 radical (unpaired) electrons. The van der Waals surface area contributed by atoms with E-state index in [1.807, 2.05) is 7.05 Å². The average Bonchev–Trinajstić information content (AvgIpc) is 2.97. The Morgan fingerprint density at radius 3 is 2.58 bits per heavy atom. The van der Waals surface area contributed by atoms with Crippen molar-refractivity contribution in [2.24, 2.45) is 12.0 Å². The summed E-state index contributed by atoms with van der Waals surface area (Å²) in [6.07, 6.45) is 0.699. The molecule has 138 valence electrons. The van der Waals surface area contributed by atoms with Crippen LogP contribution >= 0.6 is 47.2 Å². The molecule has 0 bridgehead atoms. The molecule has 0 saturated carbocycles. The Morgan fingerprint density at radius 2 is 2.08 bits per heavy atom.